The van der Waals surface area contributed by atoms with Gasteiger partial charge in [0.1, 0.15) is 17.3 Å². The maximum Gasteiger partial charge on any atom is 0.341 e. The quantitative estimate of drug-likeness (QED) is 0.536. The molecule has 0 atom stereocenters. The summed E-state index contributed by atoms with van der Waals surface area (Å²) < 4.78 is 6.75. The molecule has 0 bridgehead atoms. The van der Waals surface area contributed by atoms with Gasteiger partial charge < -0.3 is 4.74 Å². The van der Waals surface area contributed by atoms with E-state index >= 15 is 0 Å². The predicted molar refractivity (Wildman–Crippen MR) is 91.3 cm³/mol. The fraction of sp³-hybridized carbons (Fsp3) is 0.176. The number of carbonyl (C=O) groups excluding carboxylic acids is 1. The summed E-state index contributed by atoms with van der Waals surface area (Å²) in [4.78, 5) is 32.8. The van der Waals surface area contributed by atoms with Gasteiger partial charge in [-0.2, -0.15) is 0 Å². The van der Waals surface area contributed by atoms with Gasteiger partial charge in [0.15, 0.2) is 0 Å². The SMILES string of the molecule is CSc1ncccc1C(=O)OCc1cc(=O)n2cc(C)ccc2n1. The normalized spacial score (nSPS) is 10.8. The molecule has 3 rings (SSSR count). The van der Waals surface area contributed by atoms with Crippen LogP contribution < -0.4 is 5.56 Å². The second-order valence-corrected chi connectivity index (χ2v) is 5.95. The molecule has 3 aromatic rings. The number of carbonyl (C=O) groups is 1. The Bertz CT molecular complexity index is 969. The first-order valence-electron chi connectivity index (χ1n) is 7.23. The lowest BCUT2D eigenvalue weighted by atomic mass is 10.3. The van der Waals surface area contributed by atoms with E-state index in [9.17, 15) is 9.59 Å². The zero-order valence-corrected chi connectivity index (χ0v) is 14.0. The molecule has 0 radical (unpaired) electrons. The van der Waals surface area contributed by atoms with Crippen molar-refractivity contribution in [1.82, 2.24) is 14.4 Å². The Kier molecular flexibility index (Phi) is 4.61. The highest BCUT2D eigenvalue weighted by molar-refractivity contribution is 7.98. The van der Waals surface area contributed by atoms with Gasteiger partial charge in [-0.25, -0.2) is 14.8 Å². The number of hydrogen-bond donors (Lipinski definition) is 0. The van der Waals surface area contributed by atoms with Crippen LogP contribution in [0.5, 0.6) is 0 Å². The van der Waals surface area contributed by atoms with Gasteiger partial charge >= 0.3 is 5.97 Å². The Morgan fingerprint density at radius 2 is 2.17 bits per heavy atom. The van der Waals surface area contributed by atoms with Crippen LogP contribution in [0.1, 0.15) is 21.6 Å². The molecule has 0 saturated carbocycles. The molecule has 0 aliphatic carbocycles. The standard InChI is InChI=1S/C17H15N3O3S/c1-11-5-6-14-19-12(8-15(21)20(14)9-11)10-23-17(22)13-4-3-7-18-16(13)24-2/h3-9H,10H2,1-2H3. The van der Waals surface area contributed by atoms with Gasteiger partial charge in [0.05, 0.1) is 11.3 Å². The average molecular weight is 341 g/mol. The van der Waals surface area contributed by atoms with Crippen LogP contribution in [-0.4, -0.2) is 26.6 Å². The molecular formula is C17H15N3O3S. The fourth-order valence-electron chi connectivity index (χ4n) is 2.26. The molecule has 6 nitrogen and oxygen atoms in total. The summed E-state index contributed by atoms with van der Waals surface area (Å²) in [6, 6.07) is 8.34. The minimum atomic E-state index is -0.488. The Balaban J connectivity index is 1.82. The molecule has 0 fully saturated rings. The summed E-state index contributed by atoms with van der Waals surface area (Å²) in [7, 11) is 0. The van der Waals surface area contributed by atoms with Crippen molar-refractivity contribution < 1.29 is 9.53 Å². The second kappa shape index (κ2) is 6.84. The van der Waals surface area contributed by atoms with Crippen molar-refractivity contribution >= 4 is 23.4 Å². The number of rotatable bonds is 4. The van der Waals surface area contributed by atoms with E-state index < -0.39 is 5.97 Å². The molecule has 0 aliphatic heterocycles. The third-order valence-corrected chi connectivity index (χ3v) is 4.11. The van der Waals surface area contributed by atoms with Crippen LogP contribution >= 0.6 is 11.8 Å². The Morgan fingerprint density at radius 3 is 2.96 bits per heavy atom. The molecule has 0 unspecified atom stereocenters. The van der Waals surface area contributed by atoms with Gasteiger partial charge in [0, 0.05) is 18.5 Å². The van der Waals surface area contributed by atoms with Crippen LogP contribution in [0.4, 0.5) is 0 Å². The maximum absolute atomic E-state index is 12.2. The van der Waals surface area contributed by atoms with Crippen molar-refractivity contribution in [2.45, 2.75) is 18.6 Å². The van der Waals surface area contributed by atoms with Crippen molar-refractivity contribution in [2.24, 2.45) is 0 Å². The van der Waals surface area contributed by atoms with Gasteiger partial charge in [-0.1, -0.05) is 6.07 Å². The molecular weight excluding hydrogens is 326 g/mol. The summed E-state index contributed by atoms with van der Waals surface area (Å²) >= 11 is 1.37. The average Bonchev–Trinajstić information content (AvgIpc) is 2.60. The van der Waals surface area contributed by atoms with Crippen LogP contribution in [0.3, 0.4) is 0 Å². The first-order chi connectivity index (χ1) is 11.6. The number of ether oxygens (including phenoxy) is 1. The molecule has 0 spiro atoms. The van der Waals surface area contributed by atoms with Crippen LogP contribution in [0.15, 0.2) is 52.5 Å². The zero-order valence-electron chi connectivity index (χ0n) is 13.2. The number of aromatic nitrogens is 3. The lowest BCUT2D eigenvalue weighted by Gasteiger charge is -2.08. The number of hydrogen-bond acceptors (Lipinski definition) is 6. The minimum absolute atomic E-state index is 0.0683. The number of pyridine rings is 2. The van der Waals surface area contributed by atoms with E-state index in [1.54, 1.807) is 30.6 Å². The summed E-state index contributed by atoms with van der Waals surface area (Å²) in [5, 5.41) is 0.601. The first kappa shape index (κ1) is 16.2. The van der Waals surface area contributed by atoms with Crippen molar-refractivity contribution in [1.29, 1.82) is 0 Å². The lowest BCUT2D eigenvalue weighted by molar-refractivity contribution is 0.0462. The van der Waals surface area contributed by atoms with Crippen LogP contribution in [0.25, 0.3) is 5.65 Å². The Labute approximate surface area is 142 Å². The third kappa shape index (κ3) is 3.30. The van der Waals surface area contributed by atoms with Gasteiger partial charge in [0.25, 0.3) is 5.56 Å². The van der Waals surface area contributed by atoms with Crippen LogP contribution in [-0.2, 0) is 11.3 Å². The second-order valence-electron chi connectivity index (χ2n) is 5.16. The summed E-state index contributed by atoms with van der Waals surface area (Å²) in [5.74, 6) is -0.488. The van der Waals surface area contributed by atoms with Gasteiger partial charge in [0.2, 0.25) is 0 Å². The number of aryl methyl sites for hydroxylation is 1. The summed E-state index contributed by atoms with van der Waals surface area (Å²) in [5.41, 5.74) is 2.09. The molecule has 0 aliphatic rings. The molecule has 0 saturated heterocycles. The minimum Gasteiger partial charge on any atom is -0.456 e. The van der Waals surface area contributed by atoms with Crippen molar-refractivity contribution in [3.8, 4) is 0 Å². The molecule has 0 amide bonds. The number of fused-ring (bicyclic) bond motifs is 1. The van der Waals surface area contributed by atoms with E-state index in [-0.39, 0.29) is 12.2 Å². The smallest absolute Gasteiger partial charge is 0.341 e. The zero-order chi connectivity index (χ0) is 17.1. The van der Waals surface area contributed by atoms with E-state index in [1.807, 2.05) is 19.2 Å². The van der Waals surface area contributed by atoms with E-state index in [4.69, 9.17) is 4.74 Å². The summed E-state index contributed by atoms with van der Waals surface area (Å²) in [6.07, 6.45) is 5.18. The predicted octanol–water partition coefficient (Wildman–Crippen LogP) is 2.48. The molecule has 0 aromatic carbocycles. The fourth-order valence-corrected chi connectivity index (χ4v) is 2.80. The van der Waals surface area contributed by atoms with Gasteiger partial charge in [-0.3, -0.25) is 9.20 Å². The van der Waals surface area contributed by atoms with Crippen LogP contribution in [0, 0.1) is 6.92 Å². The van der Waals surface area contributed by atoms with Crippen molar-refractivity contribution in [2.75, 3.05) is 6.26 Å². The van der Waals surface area contributed by atoms with Crippen molar-refractivity contribution in [3.05, 3.63) is 69.9 Å². The van der Waals surface area contributed by atoms with Gasteiger partial charge in [-0.15, -0.1) is 11.8 Å². The van der Waals surface area contributed by atoms with E-state index in [1.165, 1.54) is 22.2 Å². The maximum atomic E-state index is 12.2. The molecule has 3 aromatic heterocycles. The Morgan fingerprint density at radius 1 is 1.33 bits per heavy atom. The molecule has 24 heavy (non-hydrogen) atoms. The highest BCUT2D eigenvalue weighted by Crippen LogP contribution is 2.18. The lowest BCUT2D eigenvalue weighted by Crippen LogP contribution is -2.17. The first-order valence-corrected chi connectivity index (χ1v) is 8.46. The topological polar surface area (TPSA) is 73.6 Å². The van der Waals surface area contributed by atoms with E-state index in [2.05, 4.69) is 9.97 Å². The highest BCUT2D eigenvalue weighted by Gasteiger charge is 2.14. The van der Waals surface area contributed by atoms with Crippen LogP contribution in [0.2, 0.25) is 0 Å². The highest BCUT2D eigenvalue weighted by atomic mass is 32.2. The molecule has 122 valence electrons. The molecule has 7 heteroatoms. The molecule has 3 heterocycles. The number of esters is 1. The number of thioether (sulfide) groups is 1. The molecule has 0 N–H and O–H groups in total. The van der Waals surface area contributed by atoms with Crippen molar-refractivity contribution in [3.63, 3.8) is 0 Å². The monoisotopic (exact) mass is 341 g/mol. The summed E-state index contributed by atoms with van der Waals surface area (Å²) in [6.45, 7) is 1.83. The van der Waals surface area contributed by atoms with E-state index in [0.717, 1.165) is 5.56 Å². The largest absolute Gasteiger partial charge is 0.456 e. The Hall–Kier alpha value is -2.67. The number of nitrogens with zero attached hydrogens (tertiary/aromatic N) is 3. The van der Waals surface area contributed by atoms with Gasteiger partial charge in [-0.05, 0) is 36.9 Å². The third-order valence-electron chi connectivity index (χ3n) is 3.40. The van der Waals surface area contributed by atoms with E-state index in [0.29, 0.717) is 21.9 Å².